The molecule has 6 nitrogen and oxygen atoms in total. The van der Waals surface area contributed by atoms with E-state index in [4.69, 9.17) is 4.42 Å². The molecule has 0 spiro atoms. The summed E-state index contributed by atoms with van der Waals surface area (Å²) in [6.45, 7) is 3.10. The number of hydrogen-bond donors (Lipinski definition) is 1. The molecule has 0 saturated heterocycles. The minimum absolute atomic E-state index is 0.155. The zero-order valence-corrected chi connectivity index (χ0v) is 12.5. The van der Waals surface area contributed by atoms with Crippen molar-refractivity contribution in [1.82, 2.24) is 0 Å². The molecule has 0 aliphatic rings. The molecule has 1 aromatic heterocycles. The van der Waals surface area contributed by atoms with Crippen molar-refractivity contribution >= 4 is 16.7 Å². The van der Waals surface area contributed by atoms with Gasteiger partial charge in [0.25, 0.3) is 0 Å². The summed E-state index contributed by atoms with van der Waals surface area (Å²) < 4.78 is 5.26. The summed E-state index contributed by atoms with van der Waals surface area (Å²) in [6.07, 6.45) is 0. The van der Waals surface area contributed by atoms with Gasteiger partial charge in [-0.3, -0.25) is 10.1 Å². The highest BCUT2D eigenvalue weighted by Crippen LogP contribution is 2.39. The summed E-state index contributed by atoms with van der Waals surface area (Å²) in [5, 5.41) is 21.6. The van der Waals surface area contributed by atoms with Crippen molar-refractivity contribution in [2.75, 3.05) is 0 Å². The summed E-state index contributed by atoms with van der Waals surface area (Å²) in [4.78, 5) is 22.6. The zero-order chi connectivity index (χ0) is 16.7. The number of nitro groups is 1. The van der Waals surface area contributed by atoms with Crippen LogP contribution in [0.2, 0.25) is 0 Å². The van der Waals surface area contributed by atoms with Crippen LogP contribution in [0.15, 0.2) is 45.6 Å². The van der Waals surface area contributed by atoms with Crippen LogP contribution in [0.25, 0.3) is 22.1 Å². The highest BCUT2D eigenvalue weighted by Gasteiger charge is 2.23. The first-order valence-corrected chi connectivity index (χ1v) is 6.91. The second kappa shape index (κ2) is 5.24. The predicted molar refractivity (Wildman–Crippen MR) is 85.7 cm³/mol. The van der Waals surface area contributed by atoms with Crippen LogP contribution in [0.4, 0.5) is 5.69 Å². The third-order valence-corrected chi connectivity index (χ3v) is 3.87. The van der Waals surface area contributed by atoms with Crippen LogP contribution in [0.1, 0.15) is 11.1 Å². The number of nitro benzene ring substituents is 1. The number of phenols is 1. The smallest absolute Gasteiger partial charge is 0.339 e. The van der Waals surface area contributed by atoms with Gasteiger partial charge in [-0.05, 0) is 19.4 Å². The largest absolute Gasteiger partial charge is 0.502 e. The molecule has 0 atom stereocenters. The molecule has 0 bridgehead atoms. The average Bonchev–Trinajstić information content (AvgIpc) is 2.53. The number of hydrogen-bond acceptors (Lipinski definition) is 5. The van der Waals surface area contributed by atoms with Gasteiger partial charge in [0.2, 0.25) is 5.75 Å². The predicted octanol–water partition coefficient (Wildman–Crippen LogP) is 3.69. The van der Waals surface area contributed by atoms with Crippen molar-refractivity contribution in [3.05, 3.63) is 68.1 Å². The monoisotopic (exact) mass is 311 g/mol. The molecule has 3 rings (SSSR count). The van der Waals surface area contributed by atoms with E-state index in [0.717, 1.165) is 5.56 Å². The van der Waals surface area contributed by atoms with Crippen molar-refractivity contribution < 1.29 is 14.4 Å². The first kappa shape index (κ1) is 14.8. The minimum Gasteiger partial charge on any atom is -0.502 e. The first-order chi connectivity index (χ1) is 10.9. The van der Waals surface area contributed by atoms with Crippen molar-refractivity contribution in [2.45, 2.75) is 13.8 Å². The van der Waals surface area contributed by atoms with Crippen LogP contribution in [-0.2, 0) is 0 Å². The van der Waals surface area contributed by atoms with E-state index in [1.807, 2.05) is 30.3 Å². The average molecular weight is 311 g/mol. The van der Waals surface area contributed by atoms with E-state index in [1.165, 1.54) is 13.0 Å². The lowest BCUT2D eigenvalue weighted by atomic mass is 9.96. The van der Waals surface area contributed by atoms with Gasteiger partial charge in [0.1, 0.15) is 5.58 Å². The molecule has 0 unspecified atom stereocenters. The molecule has 2 aromatic carbocycles. The Kier molecular flexibility index (Phi) is 3.37. The summed E-state index contributed by atoms with van der Waals surface area (Å²) in [5.41, 5.74) is 1.06. The Morgan fingerprint density at radius 2 is 1.78 bits per heavy atom. The Morgan fingerprint density at radius 1 is 1.13 bits per heavy atom. The number of benzene rings is 2. The number of aryl methyl sites for hydroxylation is 1. The van der Waals surface area contributed by atoms with Gasteiger partial charge in [-0.2, -0.15) is 0 Å². The van der Waals surface area contributed by atoms with Crippen molar-refractivity contribution in [1.29, 1.82) is 0 Å². The molecule has 3 aromatic rings. The molecule has 0 aliphatic heterocycles. The maximum absolute atomic E-state index is 12.1. The van der Waals surface area contributed by atoms with Gasteiger partial charge in [0.05, 0.1) is 4.92 Å². The number of phenolic OH excluding ortho intramolecular Hbond substituents is 1. The molecular formula is C17H13NO5. The second-order valence-corrected chi connectivity index (χ2v) is 5.26. The van der Waals surface area contributed by atoms with Gasteiger partial charge in [0, 0.05) is 28.1 Å². The van der Waals surface area contributed by atoms with E-state index in [9.17, 15) is 20.0 Å². The molecule has 1 N–H and O–H groups in total. The lowest BCUT2D eigenvalue weighted by Gasteiger charge is -2.11. The zero-order valence-electron chi connectivity index (χ0n) is 12.5. The van der Waals surface area contributed by atoms with Crippen molar-refractivity contribution in [3.63, 3.8) is 0 Å². The summed E-state index contributed by atoms with van der Waals surface area (Å²) in [5.74, 6) is -0.492. The highest BCUT2D eigenvalue weighted by atomic mass is 16.6. The van der Waals surface area contributed by atoms with E-state index < -0.39 is 22.0 Å². The fourth-order valence-electron chi connectivity index (χ4n) is 2.68. The molecule has 0 amide bonds. The molecule has 23 heavy (non-hydrogen) atoms. The van der Waals surface area contributed by atoms with Crippen molar-refractivity contribution in [2.24, 2.45) is 0 Å². The molecule has 0 aliphatic carbocycles. The number of aromatic hydroxyl groups is 1. The third-order valence-electron chi connectivity index (χ3n) is 3.87. The lowest BCUT2D eigenvalue weighted by Crippen LogP contribution is -2.07. The Morgan fingerprint density at radius 3 is 2.39 bits per heavy atom. The van der Waals surface area contributed by atoms with E-state index in [2.05, 4.69) is 0 Å². The van der Waals surface area contributed by atoms with Crippen LogP contribution in [-0.4, -0.2) is 10.0 Å². The Hall–Kier alpha value is -3.15. The van der Waals surface area contributed by atoms with E-state index in [0.29, 0.717) is 16.5 Å². The molecule has 6 heteroatoms. The van der Waals surface area contributed by atoms with Crippen LogP contribution in [0.5, 0.6) is 5.75 Å². The van der Waals surface area contributed by atoms with Crippen LogP contribution in [0, 0.1) is 24.0 Å². The third kappa shape index (κ3) is 2.24. The number of fused-ring (bicyclic) bond motifs is 1. The van der Waals surface area contributed by atoms with Crippen LogP contribution >= 0.6 is 0 Å². The second-order valence-electron chi connectivity index (χ2n) is 5.26. The van der Waals surface area contributed by atoms with Gasteiger partial charge in [-0.25, -0.2) is 4.79 Å². The van der Waals surface area contributed by atoms with E-state index in [1.54, 1.807) is 6.92 Å². The first-order valence-electron chi connectivity index (χ1n) is 6.91. The number of rotatable bonds is 2. The molecule has 1 heterocycles. The maximum atomic E-state index is 12.1. The SMILES string of the molecule is Cc1c(-c2ccccc2)c2cc([N+](=O)[O-])c(O)c(C)c2oc1=O. The molecule has 116 valence electrons. The van der Waals surface area contributed by atoms with Gasteiger partial charge in [-0.1, -0.05) is 30.3 Å². The summed E-state index contributed by atoms with van der Waals surface area (Å²) >= 11 is 0. The normalized spacial score (nSPS) is 10.9. The van der Waals surface area contributed by atoms with Gasteiger partial charge in [-0.15, -0.1) is 0 Å². The highest BCUT2D eigenvalue weighted by molar-refractivity contribution is 5.98. The lowest BCUT2D eigenvalue weighted by molar-refractivity contribution is -0.385. The van der Waals surface area contributed by atoms with E-state index in [-0.39, 0.29) is 11.1 Å². The maximum Gasteiger partial charge on any atom is 0.339 e. The summed E-state index contributed by atoms with van der Waals surface area (Å²) in [6, 6.07) is 10.3. The molecular weight excluding hydrogens is 298 g/mol. The van der Waals surface area contributed by atoms with Gasteiger partial charge < -0.3 is 9.52 Å². The molecule has 0 radical (unpaired) electrons. The van der Waals surface area contributed by atoms with Crippen molar-refractivity contribution in [3.8, 4) is 16.9 Å². The minimum atomic E-state index is -0.656. The fraction of sp³-hybridized carbons (Fsp3) is 0.118. The van der Waals surface area contributed by atoms with Crippen LogP contribution in [0.3, 0.4) is 0 Å². The topological polar surface area (TPSA) is 93.6 Å². The van der Waals surface area contributed by atoms with Gasteiger partial charge >= 0.3 is 11.3 Å². The molecule has 0 fully saturated rings. The summed E-state index contributed by atoms with van der Waals surface area (Å²) in [7, 11) is 0. The van der Waals surface area contributed by atoms with Crippen LogP contribution < -0.4 is 5.63 Å². The van der Waals surface area contributed by atoms with E-state index >= 15 is 0 Å². The number of nitrogens with zero attached hydrogens (tertiary/aromatic N) is 1. The molecule has 0 saturated carbocycles. The Balaban J connectivity index is 2.55. The standard InChI is InChI=1S/C17H13NO5/c1-9-14(11-6-4-3-5-7-11)12-8-13(18(21)22)15(19)10(2)16(12)23-17(9)20/h3-8,19H,1-2H3. The quantitative estimate of drug-likeness (QED) is 0.442. The Labute approximate surface area is 130 Å². The van der Waals surface area contributed by atoms with Gasteiger partial charge in [0.15, 0.2) is 0 Å². The fourth-order valence-corrected chi connectivity index (χ4v) is 2.68. The Bertz CT molecular complexity index is 990.